The fourth-order valence-electron chi connectivity index (χ4n) is 2.32. The minimum atomic E-state index is -3.63. The van der Waals surface area contributed by atoms with E-state index >= 15 is 0 Å². The second kappa shape index (κ2) is 5.53. The first-order valence-corrected chi connectivity index (χ1v) is 9.06. The van der Waals surface area contributed by atoms with Gasteiger partial charge in [-0.1, -0.05) is 36.7 Å². The molecule has 0 spiro atoms. The van der Waals surface area contributed by atoms with E-state index in [1.54, 1.807) is 27.7 Å². The monoisotopic (exact) mass is 343 g/mol. The molecule has 1 aromatic rings. The fraction of sp³-hybridized carbons (Fsp3) is 0.562. The predicted molar refractivity (Wildman–Crippen MR) is 90.1 cm³/mol. The molecule has 1 aliphatic rings. The Morgan fingerprint density at radius 2 is 1.82 bits per heavy atom. The maximum atomic E-state index is 12.4. The van der Waals surface area contributed by atoms with E-state index in [-0.39, 0.29) is 11.8 Å². The van der Waals surface area contributed by atoms with Crippen LogP contribution in [0.15, 0.2) is 28.7 Å². The van der Waals surface area contributed by atoms with Gasteiger partial charge in [0, 0.05) is 11.4 Å². The van der Waals surface area contributed by atoms with Crippen LogP contribution < -0.4 is 0 Å². The molecule has 0 aliphatic carbocycles. The standard InChI is InChI=1S/C16H22ClNO3S/c1-11(12-8-6-7-9-13(12)17)10-14-18-22(19,20)16(4,5)15(2,3)21-14/h6-9,11H,10H2,1-5H3/t11-/m1/s1. The zero-order chi connectivity index (χ0) is 16.8. The lowest BCUT2D eigenvalue weighted by Gasteiger charge is -2.43. The SMILES string of the molecule is C[C@H](CC1=NS(=O)(=O)C(C)(C)C(C)(C)O1)c1ccccc1Cl. The molecule has 1 atom stereocenters. The summed E-state index contributed by atoms with van der Waals surface area (Å²) in [5.41, 5.74) is 0.110. The fourth-order valence-corrected chi connectivity index (χ4v) is 3.91. The van der Waals surface area contributed by atoms with Crippen molar-refractivity contribution in [3.63, 3.8) is 0 Å². The average molecular weight is 344 g/mol. The minimum absolute atomic E-state index is 0.0136. The van der Waals surface area contributed by atoms with Crippen molar-refractivity contribution in [1.82, 2.24) is 0 Å². The molecular weight excluding hydrogens is 322 g/mol. The van der Waals surface area contributed by atoms with Crippen LogP contribution in [0.1, 0.15) is 52.5 Å². The van der Waals surface area contributed by atoms with Crippen LogP contribution in [0.25, 0.3) is 0 Å². The zero-order valence-electron chi connectivity index (χ0n) is 13.6. The Labute approximate surface area is 137 Å². The van der Waals surface area contributed by atoms with Crippen molar-refractivity contribution in [2.45, 2.75) is 57.3 Å². The van der Waals surface area contributed by atoms with E-state index in [9.17, 15) is 8.42 Å². The van der Waals surface area contributed by atoms with Gasteiger partial charge in [-0.15, -0.1) is 4.40 Å². The van der Waals surface area contributed by atoms with Crippen molar-refractivity contribution in [3.8, 4) is 0 Å². The maximum absolute atomic E-state index is 12.4. The first kappa shape index (κ1) is 17.3. The summed E-state index contributed by atoms with van der Waals surface area (Å²) in [6.45, 7) is 8.81. The molecule has 0 fully saturated rings. The van der Waals surface area contributed by atoms with Crippen molar-refractivity contribution in [3.05, 3.63) is 34.9 Å². The van der Waals surface area contributed by atoms with Gasteiger partial charge in [0.2, 0.25) is 5.90 Å². The van der Waals surface area contributed by atoms with Gasteiger partial charge >= 0.3 is 0 Å². The molecule has 0 aromatic heterocycles. The third-order valence-electron chi connectivity index (χ3n) is 4.61. The molecule has 6 heteroatoms. The van der Waals surface area contributed by atoms with E-state index in [1.165, 1.54) is 0 Å². The molecule has 1 aromatic carbocycles. The van der Waals surface area contributed by atoms with Gasteiger partial charge in [-0.05, 0) is 45.2 Å². The molecular formula is C16H22ClNO3S. The quantitative estimate of drug-likeness (QED) is 0.828. The van der Waals surface area contributed by atoms with E-state index in [0.717, 1.165) is 5.56 Å². The van der Waals surface area contributed by atoms with Crippen LogP contribution in [0.4, 0.5) is 0 Å². The van der Waals surface area contributed by atoms with Crippen molar-refractivity contribution < 1.29 is 13.2 Å². The highest BCUT2D eigenvalue weighted by Crippen LogP contribution is 2.39. The van der Waals surface area contributed by atoms with E-state index in [1.807, 2.05) is 31.2 Å². The van der Waals surface area contributed by atoms with Crippen LogP contribution >= 0.6 is 11.6 Å². The van der Waals surface area contributed by atoms with Crippen LogP contribution in [0.5, 0.6) is 0 Å². The highest BCUT2D eigenvalue weighted by Gasteiger charge is 2.53. The first-order chi connectivity index (χ1) is 9.98. The number of hydrogen-bond acceptors (Lipinski definition) is 3. The average Bonchev–Trinajstić information content (AvgIpc) is 2.36. The number of benzene rings is 1. The van der Waals surface area contributed by atoms with Gasteiger partial charge in [0.1, 0.15) is 10.3 Å². The van der Waals surface area contributed by atoms with Gasteiger partial charge < -0.3 is 4.74 Å². The van der Waals surface area contributed by atoms with Crippen LogP contribution in [0, 0.1) is 0 Å². The summed E-state index contributed by atoms with van der Waals surface area (Å²) in [5.74, 6) is 0.261. The maximum Gasteiger partial charge on any atom is 0.265 e. The highest BCUT2D eigenvalue weighted by molar-refractivity contribution is 7.91. The minimum Gasteiger partial charge on any atom is -0.472 e. The molecule has 2 rings (SSSR count). The van der Waals surface area contributed by atoms with Crippen LogP contribution in [0.2, 0.25) is 5.02 Å². The zero-order valence-corrected chi connectivity index (χ0v) is 15.1. The molecule has 1 aliphatic heterocycles. The van der Waals surface area contributed by atoms with Crippen LogP contribution in [0.3, 0.4) is 0 Å². The van der Waals surface area contributed by atoms with E-state index in [4.69, 9.17) is 16.3 Å². The molecule has 22 heavy (non-hydrogen) atoms. The second-order valence-corrected chi connectivity index (χ2v) is 9.27. The Morgan fingerprint density at radius 3 is 2.36 bits per heavy atom. The van der Waals surface area contributed by atoms with E-state index in [0.29, 0.717) is 11.4 Å². The van der Waals surface area contributed by atoms with Crippen molar-refractivity contribution >= 4 is 27.5 Å². The number of halogens is 1. The largest absolute Gasteiger partial charge is 0.472 e. The molecule has 0 saturated heterocycles. The highest BCUT2D eigenvalue weighted by atomic mass is 35.5. The molecule has 0 unspecified atom stereocenters. The van der Waals surface area contributed by atoms with Gasteiger partial charge in [-0.3, -0.25) is 0 Å². The molecule has 4 nitrogen and oxygen atoms in total. The third kappa shape index (κ3) is 2.88. The third-order valence-corrected chi connectivity index (χ3v) is 7.18. The number of nitrogens with zero attached hydrogens (tertiary/aromatic N) is 1. The van der Waals surface area contributed by atoms with Gasteiger partial charge in [0.15, 0.2) is 0 Å². The van der Waals surface area contributed by atoms with Crippen LogP contribution in [-0.2, 0) is 14.8 Å². The lowest BCUT2D eigenvalue weighted by atomic mass is 9.92. The van der Waals surface area contributed by atoms with E-state index < -0.39 is 20.4 Å². The van der Waals surface area contributed by atoms with Crippen LogP contribution in [-0.4, -0.2) is 24.7 Å². The lowest BCUT2D eigenvalue weighted by molar-refractivity contribution is 0.0509. The number of sulfonamides is 1. The van der Waals surface area contributed by atoms with Gasteiger partial charge in [0.25, 0.3) is 10.0 Å². The molecule has 0 bridgehead atoms. The number of rotatable bonds is 3. The first-order valence-electron chi connectivity index (χ1n) is 7.25. The Bertz CT molecular complexity index is 708. The summed E-state index contributed by atoms with van der Waals surface area (Å²) < 4.78 is 33.5. The summed E-state index contributed by atoms with van der Waals surface area (Å²) in [6, 6.07) is 7.52. The Hall–Kier alpha value is -1.07. The summed E-state index contributed by atoms with van der Waals surface area (Å²) in [5, 5.41) is 0.661. The van der Waals surface area contributed by atoms with Crippen molar-refractivity contribution in [1.29, 1.82) is 0 Å². The number of ether oxygens (including phenoxy) is 1. The summed E-state index contributed by atoms with van der Waals surface area (Å²) >= 11 is 6.20. The molecule has 0 saturated carbocycles. The topological polar surface area (TPSA) is 55.7 Å². The summed E-state index contributed by atoms with van der Waals surface area (Å²) in [4.78, 5) is 0. The van der Waals surface area contributed by atoms with Gasteiger partial charge in [-0.2, -0.15) is 0 Å². The number of hydrogen-bond donors (Lipinski definition) is 0. The molecule has 0 radical (unpaired) electrons. The van der Waals surface area contributed by atoms with Gasteiger partial charge in [0.05, 0.1) is 0 Å². The molecule has 122 valence electrons. The second-order valence-electron chi connectivity index (χ2n) is 6.71. The van der Waals surface area contributed by atoms with Gasteiger partial charge in [-0.25, -0.2) is 8.42 Å². The predicted octanol–water partition coefficient (Wildman–Crippen LogP) is 4.15. The molecule has 1 heterocycles. The smallest absolute Gasteiger partial charge is 0.265 e. The summed E-state index contributed by atoms with van der Waals surface area (Å²) in [7, 11) is -3.63. The molecule has 0 N–H and O–H groups in total. The lowest BCUT2D eigenvalue weighted by Crippen LogP contribution is -2.56. The normalized spacial score (nSPS) is 23.3. The van der Waals surface area contributed by atoms with Crippen molar-refractivity contribution in [2.75, 3.05) is 0 Å². The van der Waals surface area contributed by atoms with Crippen molar-refractivity contribution in [2.24, 2.45) is 4.40 Å². The summed E-state index contributed by atoms with van der Waals surface area (Å²) in [6.07, 6.45) is 0.391. The Kier molecular flexibility index (Phi) is 4.35. The Morgan fingerprint density at radius 1 is 1.23 bits per heavy atom. The Balaban J connectivity index is 2.32. The molecule has 0 amide bonds. The van der Waals surface area contributed by atoms with E-state index in [2.05, 4.69) is 4.40 Å².